The van der Waals surface area contributed by atoms with E-state index in [-0.39, 0.29) is 12.1 Å². The third kappa shape index (κ3) is 1.20. The van der Waals surface area contributed by atoms with Crippen LogP contribution in [-0.2, 0) is 9.53 Å². The minimum atomic E-state index is -0.583. The Labute approximate surface area is 70.8 Å². The van der Waals surface area contributed by atoms with Gasteiger partial charge in [0.15, 0.2) is 0 Å². The van der Waals surface area contributed by atoms with Gasteiger partial charge in [-0.25, -0.2) is 9.69 Å². The molecule has 0 bridgehead atoms. The number of hydrogen-bond acceptors (Lipinski definition) is 3. The molecule has 1 aliphatic heterocycles. The van der Waals surface area contributed by atoms with Crippen molar-refractivity contribution in [3.05, 3.63) is 12.7 Å². The molecule has 1 rings (SSSR count). The van der Waals surface area contributed by atoms with E-state index in [4.69, 9.17) is 4.74 Å². The second kappa shape index (κ2) is 2.97. The zero-order chi connectivity index (χ0) is 9.30. The third-order valence-corrected chi connectivity index (χ3v) is 1.98. The van der Waals surface area contributed by atoms with Gasteiger partial charge < -0.3 is 4.74 Å². The summed E-state index contributed by atoms with van der Waals surface area (Å²) in [4.78, 5) is 23.2. The van der Waals surface area contributed by atoms with Crippen molar-refractivity contribution in [1.82, 2.24) is 4.90 Å². The fourth-order valence-corrected chi connectivity index (χ4v) is 1.08. The first-order chi connectivity index (χ1) is 5.57. The number of carbonyl (C=O) groups is 2. The minimum absolute atomic E-state index is 0.206. The molecule has 66 valence electrons. The van der Waals surface area contributed by atoms with Gasteiger partial charge in [-0.1, -0.05) is 6.58 Å². The fourth-order valence-electron chi connectivity index (χ4n) is 1.08. The van der Waals surface area contributed by atoms with E-state index in [0.717, 1.165) is 11.0 Å². The van der Waals surface area contributed by atoms with Gasteiger partial charge in [0, 0.05) is 0 Å². The summed E-state index contributed by atoms with van der Waals surface area (Å²) in [5, 5.41) is 0. The highest BCUT2D eigenvalue weighted by Gasteiger charge is 2.38. The van der Waals surface area contributed by atoms with E-state index in [1.807, 2.05) is 0 Å². The van der Waals surface area contributed by atoms with E-state index < -0.39 is 12.0 Å². The lowest BCUT2D eigenvalue weighted by Crippen LogP contribution is -2.37. The van der Waals surface area contributed by atoms with Crippen molar-refractivity contribution in [3.63, 3.8) is 0 Å². The summed E-state index contributed by atoms with van der Waals surface area (Å²) in [6, 6.07) is -0.206. The van der Waals surface area contributed by atoms with Crippen LogP contribution < -0.4 is 0 Å². The molecule has 0 radical (unpaired) electrons. The molecule has 2 amide bonds. The van der Waals surface area contributed by atoms with Gasteiger partial charge in [0.25, 0.3) is 5.91 Å². The highest BCUT2D eigenvalue weighted by atomic mass is 16.6. The van der Waals surface area contributed by atoms with Crippen molar-refractivity contribution in [2.75, 3.05) is 0 Å². The van der Waals surface area contributed by atoms with Gasteiger partial charge in [0.05, 0.1) is 6.04 Å². The monoisotopic (exact) mass is 169 g/mol. The number of imide groups is 1. The van der Waals surface area contributed by atoms with Crippen molar-refractivity contribution in [2.24, 2.45) is 0 Å². The molecule has 1 heterocycles. The van der Waals surface area contributed by atoms with E-state index >= 15 is 0 Å². The van der Waals surface area contributed by atoms with Gasteiger partial charge in [-0.05, 0) is 19.9 Å². The van der Waals surface area contributed by atoms with Crippen LogP contribution in [0.25, 0.3) is 0 Å². The Morgan fingerprint density at radius 1 is 1.67 bits per heavy atom. The number of nitrogens with zero attached hydrogens (tertiary/aromatic N) is 1. The van der Waals surface area contributed by atoms with Gasteiger partial charge >= 0.3 is 6.09 Å². The molecule has 0 saturated carbocycles. The average molecular weight is 169 g/mol. The summed E-state index contributed by atoms with van der Waals surface area (Å²) in [5.41, 5.74) is 0. The number of ether oxygens (including phenoxy) is 1. The van der Waals surface area contributed by atoms with Crippen LogP contribution in [0.1, 0.15) is 13.8 Å². The van der Waals surface area contributed by atoms with Crippen LogP contribution in [0.5, 0.6) is 0 Å². The molecule has 0 aromatic carbocycles. The number of rotatable bonds is 1. The van der Waals surface area contributed by atoms with Crippen molar-refractivity contribution in [3.8, 4) is 0 Å². The maximum absolute atomic E-state index is 11.1. The highest BCUT2D eigenvalue weighted by molar-refractivity contribution is 5.99. The van der Waals surface area contributed by atoms with Crippen molar-refractivity contribution < 1.29 is 14.3 Å². The lowest BCUT2D eigenvalue weighted by atomic mass is 10.2. The average Bonchev–Trinajstić information content (AvgIpc) is 2.26. The maximum atomic E-state index is 11.1. The molecule has 0 aliphatic carbocycles. The molecule has 1 fully saturated rings. The summed E-state index contributed by atoms with van der Waals surface area (Å²) >= 11 is 0. The van der Waals surface area contributed by atoms with Gasteiger partial charge in [-0.15, -0.1) is 0 Å². The first-order valence-electron chi connectivity index (χ1n) is 3.74. The quantitative estimate of drug-likeness (QED) is 0.548. The molecule has 0 spiro atoms. The van der Waals surface area contributed by atoms with E-state index in [1.54, 1.807) is 13.8 Å². The van der Waals surface area contributed by atoms with E-state index in [1.165, 1.54) is 0 Å². The topological polar surface area (TPSA) is 46.6 Å². The van der Waals surface area contributed by atoms with Crippen LogP contribution in [0.2, 0.25) is 0 Å². The molecule has 1 saturated heterocycles. The SMILES string of the molecule is C=CC(=O)N1C(=O)OC(C)C1C. The lowest BCUT2D eigenvalue weighted by Gasteiger charge is -2.14. The Kier molecular flexibility index (Phi) is 2.17. The van der Waals surface area contributed by atoms with Crippen LogP contribution >= 0.6 is 0 Å². The summed E-state index contributed by atoms with van der Waals surface area (Å²) < 4.78 is 4.83. The highest BCUT2D eigenvalue weighted by Crippen LogP contribution is 2.18. The van der Waals surface area contributed by atoms with Crippen molar-refractivity contribution in [1.29, 1.82) is 0 Å². The number of amides is 2. The van der Waals surface area contributed by atoms with Gasteiger partial charge in [0.2, 0.25) is 0 Å². The molecular formula is C8H11NO3. The second-order valence-corrected chi connectivity index (χ2v) is 2.74. The van der Waals surface area contributed by atoms with Gasteiger partial charge in [-0.2, -0.15) is 0 Å². The molecule has 4 heteroatoms. The Balaban J connectivity index is 2.83. The molecule has 0 aromatic rings. The van der Waals surface area contributed by atoms with Crippen LogP contribution in [0.15, 0.2) is 12.7 Å². The second-order valence-electron chi connectivity index (χ2n) is 2.74. The van der Waals surface area contributed by atoms with Crippen LogP contribution in [0, 0.1) is 0 Å². The predicted molar refractivity (Wildman–Crippen MR) is 42.4 cm³/mol. The summed E-state index contributed by atoms with van der Waals surface area (Å²) in [7, 11) is 0. The first-order valence-corrected chi connectivity index (χ1v) is 3.74. The summed E-state index contributed by atoms with van der Waals surface area (Å²) in [6.45, 7) is 6.81. The predicted octanol–water partition coefficient (Wildman–Crippen LogP) is 0.928. The molecule has 1 aliphatic rings. The van der Waals surface area contributed by atoms with Crippen LogP contribution in [0.4, 0.5) is 4.79 Å². The Morgan fingerprint density at radius 2 is 2.25 bits per heavy atom. The normalized spacial score (nSPS) is 28.5. The van der Waals surface area contributed by atoms with E-state index in [9.17, 15) is 9.59 Å². The Hall–Kier alpha value is -1.32. The molecule has 2 unspecified atom stereocenters. The summed E-state index contributed by atoms with van der Waals surface area (Å²) in [6.07, 6.45) is 0.289. The molecule has 4 nitrogen and oxygen atoms in total. The maximum Gasteiger partial charge on any atom is 0.417 e. The molecule has 0 N–H and O–H groups in total. The first kappa shape index (κ1) is 8.77. The van der Waals surface area contributed by atoms with Gasteiger partial charge in [-0.3, -0.25) is 4.79 Å². The number of hydrogen-bond donors (Lipinski definition) is 0. The number of carbonyl (C=O) groups excluding carboxylic acids is 2. The van der Waals surface area contributed by atoms with Crippen LogP contribution in [-0.4, -0.2) is 29.0 Å². The van der Waals surface area contributed by atoms with Crippen molar-refractivity contribution in [2.45, 2.75) is 26.0 Å². The summed E-state index contributed by atoms with van der Waals surface area (Å²) in [5.74, 6) is -0.406. The number of cyclic esters (lactones) is 1. The van der Waals surface area contributed by atoms with Crippen molar-refractivity contribution >= 4 is 12.0 Å². The zero-order valence-electron chi connectivity index (χ0n) is 7.11. The minimum Gasteiger partial charge on any atom is -0.444 e. The Morgan fingerprint density at radius 3 is 2.58 bits per heavy atom. The smallest absolute Gasteiger partial charge is 0.417 e. The van der Waals surface area contributed by atoms with E-state index in [0.29, 0.717) is 0 Å². The molecule has 2 atom stereocenters. The Bertz CT molecular complexity index is 236. The zero-order valence-corrected chi connectivity index (χ0v) is 7.11. The molecule has 12 heavy (non-hydrogen) atoms. The van der Waals surface area contributed by atoms with Gasteiger partial charge in [0.1, 0.15) is 6.10 Å². The standard InChI is InChI=1S/C8H11NO3/c1-4-7(10)9-5(2)6(3)12-8(9)11/h4-6H,1H2,2-3H3. The third-order valence-electron chi connectivity index (χ3n) is 1.98. The largest absolute Gasteiger partial charge is 0.444 e. The molecular weight excluding hydrogens is 158 g/mol. The molecule has 0 aromatic heterocycles. The lowest BCUT2D eigenvalue weighted by molar-refractivity contribution is -0.124. The van der Waals surface area contributed by atoms with E-state index in [2.05, 4.69) is 6.58 Å². The van der Waals surface area contributed by atoms with Crippen LogP contribution in [0.3, 0.4) is 0 Å². The fraction of sp³-hybridized carbons (Fsp3) is 0.500.